The molecule has 0 saturated heterocycles. The topological polar surface area (TPSA) is 80.9 Å². The molecule has 0 aliphatic rings. The summed E-state index contributed by atoms with van der Waals surface area (Å²) in [6, 6.07) is 10.2. The number of hydrogen-bond donors (Lipinski definition) is 2. The fourth-order valence-electron chi connectivity index (χ4n) is 2.24. The van der Waals surface area contributed by atoms with Crippen LogP contribution in [-0.4, -0.2) is 22.4 Å². The van der Waals surface area contributed by atoms with Crippen molar-refractivity contribution in [2.45, 2.75) is 6.92 Å². The van der Waals surface area contributed by atoms with Crippen molar-refractivity contribution in [3.63, 3.8) is 0 Å². The van der Waals surface area contributed by atoms with Crippen molar-refractivity contribution in [2.24, 2.45) is 5.73 Å². The van der Waals surface area contributed by atoms with Crippen molar-refractivity contribution < 1.29 is 4.79 Å². The number of benzene rings is 1. The van der Waals surface area contributed by atoms with E-state index in [2.05, 4.69) is 27.4 Å². The number of amides is 1. The molecule has 0 fully saturated rings. The summed E-state index contributed by atoms with van der Waals surface area (Å²) in [7, 11) is 0. The molecule has 6 heteroatoms. The van der Waals surface area contributed by atoms with Crippen molar-refractivity contribution in [3.8, 4) is 10.4 Å². The second-order valence-electron chi connectivity index (χ2n) is 4.64. The molecular formula is C15H14N4OS. The number of primary amides is 1. The zero-order chi connectivity index (χ0) is 14.8. The Morgan fingerprint density at radius 3 is 2.76 bits per heavy atom. The third kappa shape index (κ3) is 2.57. The normalized spacial score (nSPS) is 10.7. The van der Waals surface area contributed by atoms with Gasteiger partial charge in [0.2, 0.25) is 5.91 Å². The van der Waals surface area contributed by atoms with Gasteiger partial charge in [-0.05, 0) is 18.1 Å². The van der Waals surface area contributed by atoms with Crippen molar-refractivity contribution in [2.75, 3.05) is 11.9 Å². The van der Waals surface area contributed by atoms with Crippen molar-refractivity contribution in [3.05, 3.63) is 42.2 Å². The number of fused-ring (bicyclic) bond motifs is 1. The number of nitrogens with one attached hydrogen (secondary N) is 1. The van der Waals surface area contributed by atoms with Crippen LogP contribution in [0.4, 0.5) is 5.82 Å². The minimum Gasteiger partial charge on any atom is -0.368 e. The minimum absolute atomic E-state index is 0.0576. The lowest BCUT2D eigenvalue weighted by Crippen LogP contribution is -2.22. The van der Waals surface area contributed by atoms with E-state index in [9.17, 15) is 4.79 Å². The number of carbonyl (C=O) groups is 1. The molecule has 1 amide bonds. The number of carbonyl (C=O) groups excluding carboxylic acids is 1. The van der Waals surface area contributed by atoms with Crippen molar-refractivity contribution >= 4 is 33.3 Å². The van der Waals surface area contributed by atoms with Gasteiger partial charge in [0.1, 0.15) is 17.0 Å². The average Bonchev–Trinajstić information content (AvgIpc) is 2.84. The number of hydrogen-bond acceptors (Lipinski definition) is 5. The fraction of sp³-hybridized carbons (Fsp3) is 0.133. The van der Waals surface area contributed by atoms with Gasteiger partial charge in [0.05, 0.1) is 11.9 Å². The maximum absolute atomic E-state index is 10.9. The van der Waals surface area contributed by atoms with Crippen LogP contribution < -0.4 is 11.1 Å². The SMILES string of the molecule is Cc1c(-c2ccccc2)sc2ncnc(NCC(N)=O)c12. The third-order valence-electron chi connectivity index (χ3n) is 3.19. The van der Waals surface area contributed by atoms with E-state index >= 15 is 0 Å². The summed E-state index contributed by atoms with van der Waals surface area (Å²) in [5, 5.41) is 3.92. The molecule has 3 N–H and O–H groups in total. The Morgan fingerprint density at radius 2 is 2.05 bits per heavy atom. The minimum atomic E-state index is -0.419. The Balaban J connectivity index is 2.12. The highest BCUT2D eigenvalue weighted by atomic mass is 32.1. The van der Waals surface area contributed by atoms with E-state index in [0.29, 0.717) is 5.82 Å². The smallest absolute Gasteiger partial charge is 0.236 e. The van der Waals surface area contributed by atoms with E-state index in [1.54, 1.807) is 11.3 Å². The third-order valence-corrected chi connectivity index (χ3v) is 4.44. The zero-order valence-corrected chi connectivity index (χ0v) is 12.3. The van der Waals surface area contributed by atoms with Gasteiger partial charge in [-0.3, -0.25) is 4.79 Å². The molecule has 0 spiro atoms. The summed E-state index contributed by atoms with van der Waals surface area (Å²) in [4.78, 5) is 21.5. The van der Waals surface area contributed by atoms with Crippen LogP contribution in [0.3, 0.4) is 0 Å². The summed E-state index contributed by atoms with van der Waals surface area (Å²) in [5.41, 5.74) is 7.43. The van der Waals surface area contributed by atoms with Crippen LogP contribution in [0, 0.1) is 6.92 Å². The second kappa shape index (κ2) is 5.49. The molecule has 5 nitrogen and oxygen atoms in total. The van der Waals surface area contributed by atoms with Crippen LogP contribution in [0.5, 0.6) is 0 Å². The van der Waals surface area contributed by atoms with Crippen LogP contribution in [0.15, 0.2) is 36.7 Å². The van der Waals surface area contributed by atoms with Gasteiger partial charge in [-0.2, -0.15) is 0 Å². The Hall–Kier alpha value is -2.47. The van der Waals surface area contributed by atoms with Gasteiger partial charge in [0.15, 0.2) is 0 Å². The second-order valence-corrected chi connectivity index (χ2v) is 5.64. The number of aromatic nitrogens is 2. The molecule has 0 radical (unpaired) electrons. The quantitative estimate of drug-likeness (QED) is 0.775. The number of nitrogens with zero attached hydrogens (tertiary/aromatic N) is 2. The maximum Gasteiger partial charge on any atom is 0.236 e. The molecule has 21 heavy (non-hydrogen) atoms. The Morgan fingerprint density at radius 1 is 1.29 bits per heavy atom. The largest absolute Gasteiger partial charge is 0.368 e. The summed E-state index contributed by atoms with van der Waals surface area (Å²) >= 11 is 1.62. The molecule has 3 aromatic rings. The molecule has 0 aliphatic heterocycles. The molecule has 0 aliphatic carbocycles. The highest BCUT2D eigenvalue weighted by molar-refractivity contribution is 7.22. The lowest BCUT2D eigenvalue weighted by atomic mass is 10.1. The van der Waals surface area contributed by atoms with E-state index in [1.165, 1.54) is 6.33 Å². The molecule has 0 saturated carbocycles. The highest BCUT2D eigenvalue weighted by Crippen LogP contribution is 2.39. The number of rotatable bonds is 4. The molecule has 106 valence electrons. The van der Waals surface area contributed by atoms with Crippen LogP contribution >= 0.6 is 11.3 Å². The van der Waals surface area contributed by atoms with Gasteiger partial charge in [-0.25, -0.2) is 9.97 Å². The summed E-state index contributed by atoms with van der Waals surface area (Å²) < 4.78 is 0. The predicted molar refractivity (Wildman–Crippen MR) is 85.3 cm³/mol. The van der Waals surface area contributed by atoms with Gasteiger partial charge in [0.25, 0.3) is 0 Å². The first kappa shape index (κ1) is 13.5. The molecule has 2 aromatic heterocycles. The Kier molecular flexibility index (Phi) is 3.53. The molecule has 2 heterocycles. The van der Waals surface area contributed by atoms with Crippen LogP contribution in [0.1, 0.15) is 5.56 Å². The molecular weight excluding hydrogens is 284 g/mol. The van der Waals surface area contributed by atoms with E-state index in [1.807, 2.05) is 25.1 Å². The summed E-state index contributed by atoms with van der Waals surface area (Å²) in [6.07, 6.45) is 1.50. The van der Waals surface area contributed by atoms with E-state index < -0.39 is 5.91 Å². The van der Waals surface area contributed by atoms with Gasteiger partial charge < -0.3 is 11.1 Å². The molecule has 0 atom stereocenters. The van der Waals surface area contributed by atoms with Crippen molar-refractivity contribution in [1.82, 2.24) is 9.97 Å². The Bertz CT molecular complexity index is 798. The first-order chi connectivity index (χ1) is 10.2. The lowest BCUT2D eigenvalue weighted by molar-refractivity contribution is -0.116. The van der Waals surface area contributed by atoms with Gasteiger partial charge >= 0.3 is 0 Å². The molecule has 0 unspecified atom stereocenters. The maximum atomic E-state index is 10.9. The van der Waals surface area contributed by atoms with E-state index in [4.69, 9.17) is 5.73 Å². The Labute approximate surface area is 125 Å². The van der Waals surface area contributed by atoms with Crippen LogP contribution in [-0.2, 0) is 4.79 Å². The lowest BCUT2D eigenvalue weighted by Gasteiger charge is -2.05. The number of anilines is 1. The highest BCUT2D eigenvalue weighted by Gasteiger charge is 2.15. The van der Waals surface area contributed by atoms with Crippen LogP contribution in [0.2, 0.25) is 0 Å². The molecule has 0 bridgehead atoms. The molecule has 1 aromatic carbocycles. The molecule has 3 rings (SSSR count). The standard InChI is InChI=1S/C15H14N4OS/c1-9-12-14(17-7-11(16)20)18-8-19-15(12)21-13(9)10-5-3-2-4-6-10/h2-6,8H,7H2,1H3,(H2,16,20)(H,17,18,19). The van der Waals surface area contributed by atoms with Crippen molar-refractivity contribution in [1.29, 1.82) is 0 Å². The van der Waals surface area contributed by atoms with E-state index in [0.717, 1.165) is 26.2 Å². The number of aryl methyl sites for hydroxylation is 1. The monoisotopic (exact) mass is 298 g/mol. The number of thiophene rings is 1. The zero-order valence-electron chi connectivity index (χ0n) is 11.5. The first-order valence-electron chi connectivity index (χ1n) is 6.48. The van der Waals surface area contributed by atoms with Gasteiger partial charge in [-0.1, -0.05) is 30.3 Å². The predicted octanol–water partition coefficient (Wildman–Crippen LogP) is 2.56. The van der Waals surface area contributed by atoms with E-state index in [-0.39, 0.29) is 6.54 Å². The average molecular weight is 298 g/mol. The summed E-state index contributed by atoms with van der Waals surface area (Å²) in [5.74, 6) is 0.229. The van der Waals surface area contributed by atoms with Gasteiger partial charge in [0, 0.05) is 4.88 Å². The first-order valence-corrected chi connectivity index (χ1v) is 7.30. The van der Waals surface area contributed by atoms with Crippen LogP contribution in [0.25, 0.3) is 20.7 Å². The summed E-state index contributed by atoms with van der Waals surface area (Å²) in [6.45, 7) is 2.10. The number of nitrogens with two attached hydrogens (primary N) is 1. The fourth-order valence-corrected chi connectivity index (χ4v) is 3.40. The van der Waals surface area contributed by atoms with Gasteiger partial charge in [-0.15, -0.1) is 11.3 Å².